The SMILES string of the molecule is Cc1cnn(C)c1-c1nnc(C(=O)N2CCc3[nH]cnc3[C@H]2c2cc3c(C(F)F)cccn3n2)o1. The highest BCUT2D eigenvalue weighted by atomic mass is 19.3. The zero-order valence-electron chi connectivity index (χ0n) is 18.7. The number of fused-ring (bicyclic) bond motifs is 2. The molecule has 1 N–H and O–H groups in total. The van der Waals surface area contributed by atoms with Crippen LogP contribution in [0.1, 0.15) is 51.4 Å². The Balaban J connectivity index is 1.42. The monoisotopic (exact) mass is 479 g/mol. The molecule has 5 aromatic rings. The lowest BCUT2D eigenvalue weighted by molar-refractivity contribution is 0.0646. The molecule has 35 heavy (non-hydrogen) atoms. The number of rotatable bonds is 4. The van der Waals surface area contributed by atoms with Gasteiger partial charge in [-0.3, -0.25) is 9.48 Å². The smallest absolute Gasteiger partial charge is 0.312 e. The van der Waals surface area contributed by atoms with E-state index in [-0.39, 0.29) is 22.9 Å². The number of amides is 1. The topological polar surface area (TPSA) is 123 Å². The van der Waals surface area contributed by atoms with Crippen LogP contribution in [-0.2, 0) is 13.5 Å². The van der Waals surface area contributed by atoms with Gasteiger partial charge < -0.3 is 14.3 Å². The standard InChI is InChI=1S/C22H19F2N9O2/c1-11-9-27-31(2)17(11)20-28-29-21(35-20)22(34)32-7-5-13-16(26-10-25-13)18(32)14-8-15-12(19(23)24)4-3-6-33(15)30-14/h3-4,6,8-10,18-19H,5,7H2,1-2H3,(H,25,26)/t18-/m1/s1. The summed E-state index contributed by atoms with van der Waals surface area (Å²) in [6, 6.07) is 3.70. The van der Waals surface area contributed by atoms with Crippen molar-refractivity contribution in [2.75, 3.05) is 6.54 Å². The Labute approximate surface area is 196 Å². The maximum absolute atomic E-state index is 13.6. The summed E-state index contributed by atoms with van der Waals surface area (Å²) in [5, 5.41) is 16.7. The minimum Gasteiger partial charge on any atom is -0.411 e. The van der Waals surface area contributed by atoms with Crippen molar-refractivity contribution in [3.8, 4) is 11.6 Å². The van der Waals surface area contributed by atoms with E-state index in [1.165, 1.54) is 21.5 Å². The molecule has 1 amide bonds. The van der Waals surface area contributed by atoms with Gasteiger partial charge in [0.25, 0.3) is 12.3 Å². The minimum absolute atomic E-state index is 0.143. The Bertz CT molecular complexity index is 1540. The molecule has 6 heterocycles. The molecular formula is C22H19F2N9O2. The van der Waals surface area contributed by atoms with E-state index in [2.05, 4.69) is 30.4 Å². The van der Waals surface area contributed by atoms with Crippen LogP contribution in [0.4, 0.5) is 8.78 Å². The number of nitrogens with zero attached hydrogens (tertiary/aromatic N) is 8. The third-order valence-electron chi connectivity index (χ3n) is 6.19. The summed E-state index contributed by atoms with van der Waals surface area (Å²) in [6.07, 6.45) is 2.65. The molecule has 1 aliphatic rings. The van der Waals surface area contributed by atoms with Gasteiger partial charge in [-0.15, -0.1) is 10.2 Å². The van der Waals surface area contributed by atoms with Crippen LogP contribution in [0, 0.1) is 6.92 Å². The van der Waals surface area contributed by atoms with Gasteiger partial charge in [-0.05, 0) is 30.7 Å². The molecule has 13 heteroatoms. The number of imidazole rings is 1. The summed E-state index contributed by atoms with van der Waals surface area (Å²) in [5.74, 6) is -0.524. The van der Waals surface area contributed by atoms with Crippen molar-refractivity contribution >= 4 is 11.4 Å². The molecule has 0 aromatic carbocycles. The zero-order valence-corrected chi connectivity index (χ0v) is 18.7. The third kappa shape index (κ3) is 3.30. The Morgan fingerprint density at radius 3 is 2.94 bits per heavy atom. The van der Waals surface area contributed by atoms with Crippen LogP contribution in [0.25, 0.3) is 17.1 Å². The first kappa shape index (κ1) is 21.1. The third-order valence-corrected chi connectivity index (χ3v) is 6.19. The Morgan fingerprint density at radius 2 is 2.17 bits per heavy atom. The number of H-pyrrole nitrogens is 1. The molecule has 0 radical (unpaired) electrons. The lowest BCUT2D eigenvalue weighted by Crippen LogP contribution is -2.41. The number of alkyl halides is 2. The van der Waals surface area contributed by atoms with E-state index in [0.29, 0.717) is 30.0 Å². The number of halogens is 2. The Kier molecular flexibility index (Phi) is 4.72. The number of aromatic nitrogens is 8. The van der Waals surface area contributed by atoms with Gasteiger partial charge in [-0.25, -0.2) is 18.3 Å². The van der Waals surface area contributed by atoms with Gasteiger partial charge in [-0.2, -0.15) is 10.2 Å². The fourth-order valence-corrected chi connectivity index (χ4v) is 4.55. The van der Waals surface area contributed by atoms with Gasteiger partial charge in [0.15, 0.2) is 0 Å². The number of nitrogens with one attached hydrogen (secondary N) is 1. The van der Waals surface area contributed by atoms with E-state index in [9.17, 15) is 13.6 Å². The highest BCUT2D eigenvalue weighted by Crippen LogP contribution is 2.35. The number of aryl methyl sites for hydroxylation is 2. The first-order chi connectivity index (χ1) is 16.9. The molecule has 5 aromatic heterocycles. The van der Waals surface area contributed by atoms with Crippen LogP contribution in [0.2, 0.25) is 0 Å². The molecule has 11 nitrogen and oxygen atoms in total. The van der Waals surface area contributed by atoms with Crippen LogP contribution < -0.4 is 0 Å². The first-order valence-corrected chi connectivity index (χ1v) is 10.8. The van der Waals surface area contributed by atoms with Gasteiger partial charge in [0.1, 0.15) is 11.7 Å². The van der Waals surface area contributed by atoms with Crippen molar-refractivity contribution in [1.82, 2.24) is 44.5 Å². The second-order valence-electron chi connectivity index (χ2n) is 8.29. The number of carbonyl (C=O) groups excluding carboxylic acids is 1. The van der Waals surface area contributed by atoms with Crippen LogP contribution in [0.5, 0.6) is 0 Å². The molecule has 0 unspecified atom stereocenters. The number of pyridine rings is 1. The summed E-state index contributed by atoms with van der Waals surface area (Å²) in [4.78, 5) is 22.6. The normalized spacial score (nSPS) is 15.8. The average Bonchev–Trinajstić information content (AvgIpc) is 3.63. The maximum Gasteiger partial charge on any atom is 0.312 e. The minimum atomic E-state index is -2.67. The second kappa shape index (κ2) is 7.82. The molecule has 178 valence electrons. The van der Waals surface area contributed by atoms with E-state index in [1.54, 1.807) is 36.5 Å². The quantitative estimate of drug-likeness (QED) is 0.420. The van der Waals surface area contributed by atoms with Crippen molar-refractivity contribution < 1.29 is 18.0 Å². The first-order valence-electron chi connectivity index (χ1n) is 10.8. The molecular weight excluding hydrogens is 460 g/mol. The summed E-state index contributed by atoms with van der Waals surface area (Å²) >= 11 is 0. The fraction of sp³-hybridized carbons (Fsp3) is 0.273. The molecule has 0 bridgehead atoms. The molecule has 1 aliphatic heterocycles. The van der Waals surface area contributed by atoms with Crippen molar-refractivity contribution in [2.24, 2.45) is 7.05 Å². The lowest BCUT2D eigenvalue weighted by atomic mass is 9.99. The molecule has 0 aliphatic carbocycles. The van der Waals surface area contributed by atoms with E-state index in [1.807, 2.05) is 6.92 Å². The molecule has 0 saturated heterocycles. The van der Waals surface area contributed by atoms with Crippen molar-refractivity contribution in [3.63, 3.8) is 0 Å². The van der Waals surface area contributed by atoms with Crippen LogP contribution in [0.3, 0.4) is 0 Å². The average molecular weight is 479 g/mol. The van der Waals surface area contributed by atoms with Crippen LogP contribution in [-0.4, -0.2) is 56.9 Å². The number of hydrogen-bond donors (Lipinski definition) is 1. The highest BCUT2D eigenvalue weighted by molar-refractivity contribution is 5.90. The maximum atomic E-state index is 13.6. The van der Waals surface area contributed by atoms with Gasteiger partial charge in [0.05, 0.1) is 29.4 Å². The van der Waals surface area contributed by atoms with Gasteiger partial charge in [-0.1, -0.05) is 0 Å². The largest absolute Gasteiger partial charge is 0.411 e. The van der Waals surface area contributed by atoms with E-state index >= 15 is 0 Å². The van der Waals surface area contributed by atoms with E-state index < -0.39 is 18.4 Å². The van der Waals surface area contributed by atoms with Gasteiger partial charge in [0, 0.05) is 37.5 Å². The van der Waals surface area contributed by atoms with Gasteiger partial charge >= 0.3 is 11.8 Å². The Hall–Kier alpha value is -4.42. The predicted octanol–water partition coefficient (Wildman–Crippen LogP) is 2.87. The summed E-state index contributed by atoms with van der Waals surface area (Å²) in [5.41, 5.74) is 3.40. The van der Waals surface area contributed by atoms with Crippen molar-refractivity contribution in [3.05, 3.63) is 71.0 Å². The van der Waals surface area contributed by atoms with E-state index in [0.717, 1.165) is 11.3 Å². The number of carbonyl (C=O) groups is 1. The zero-order chi connectivity index (χ0) is 24.3. The highest BCUT2D eigenvalue weighted by Gasteiger charge is 2.38. The lowest BCUT2D eigenvalue weighted by Gasteiger charge is -2.32. The number of hydrogen-bond acceptors (Lipinski definition) is 7. The van der Waals surface area contributed by atoms with Crippen molar-refractivity contribution in [2.45, 2.75) is 25.8 Å². The summed E-state index contributed by atoms with van der Waals surface area (Å²) in [6.45, 7) is 2.17. The molecule has 6 rings (SSSR count). The van der Waals surface area contributed by atoms with Crippen LogP contribution >= 0.6 is 0 Å². The second-order valence-corrected chi connectivity index (χ2v) is 8.29. The molecule has 0 saturated carbocycles. The summed E-state index contributed by atoms with van der Waals surface area (Å²) < 4.78 is 35.9. The van der Waals surface area contributed by atoms with E-state index in [4.69, 9.17) is 4.42 Å². The van der Waals surface area contributed by atoms with Gasteiger partial charge in [0.2, 0.25) is 0 Å². The van der Waals surface area contributed by atoms with Crippen molar-refractivity contribution in [1.29, 1.82) is 0 Å². The fourth-order valence-electron chi connectivity index (χ4n) is 4.55. The molecule has 0 fully saturated rings. The number of aromatic amines is 1. The molecule has 0 spiro atoms. The summed E-state index contributed by atoms with van der Waals surface area (Å²) in [7, 11) is 1.74. The molecule has 1 atom stereocenters. The predicted molar refractivity (Wildman–Crippen MR) is 117 cm³/mol. The Morgan fingerprint density at radius 1 is 1.31 bits per heavy atom. The van der Waals surface area contributed by atoms with Crippen LogP contribution in [0.15, 0.2) is 41.3 Å².